The Morgan fingerprint density at radius 2 is 1.11 bits per heavy atom. The molecule has 0 aliphatic heterocycles. The molecule has 0 unspecified atom stereocenters. The molecule has 0 saturated carbocycles. The van der Waals surface area contributed by atoms with E-state index in [2.05, 4.69) is 16.7 Å². The maximum Gasteiger partial charge on any atom is 0.0840 e. The Bertz CT molecular complexity index is 957. The molecular weight excluding hydrogens is 334 g/mol. The van der Waals surface area contributed by atoms with Crippen molar-refractivity contribution in [2.24, 2.45) is 0 Å². The first-order valence-corrected chi connectivity index (χ1v) is 8.99. The quantitative estimate of drug-likeness (QED) is 0.540. The molecule has 1 heterocycles. The van der Waals surface area contributed by atoms with E-state index in [4.69, 9.17) is 0 Å². The first-order valence-electron chi connectivity index (χ1n) is 8.99. The third-order valence-electron chi connectivity index (χ3n) is 4.81. The van der Waals surface area contributed by atoms with E-state index in [1.54, 1.807) is 0 Å². The van der Waals surface area contributed by atoms with Gasteiger partial charge in [0.05, 0.1) is 24.6 Å². The van der Waals surface area contributed by atoms with Crippen molar-refractivity contribution < 1.29 is 10.2 Å². The minimum absolute atomic E-state index is 0.139. The minimum atomic E-state index is -0.155. The summed E-state index contributed by atoms with van der Waals surface area (Å²) in [7, 11) is 0. The van der Waals surface area contributed by atoms with Gasteiger partial charge in [-0.1, -0.05) is 78.9 Å². The van der Waals surface area contributed by atoms with Crippen molar-refractivity contribution in [2.75, 3.05) is 0 Å². The first-order chi connectivity index (χ1) is 13.3. The molecule has 4 aromatic rings. The van der Waals surface area contributed by atoms with Crippen LogP contribution in [0.5, 0.6) is 0 Å². The standard InChI is InChI=1S/C24H21NO2/c26-16-21-22(17-27)25(20-14-8-3-9-15-20)24(19-12-6-2-7-13-19)23(21)18-10-4-1-5-11-18/h1-15,26-27H,16-17H2. The molecule has 3 heteroatoms. The fourth-order valence-electron chi connectivity index (χ4n) is 3.65. The Kier molecular flexibility index (Phi) is 4.88. The van der Waals surface area contributed by atoms with Crippen molar-refractivity contribution >= 4 is 0 Å². The molecule has 4 rings (SSSR count). The molecule has 2 N–H and O–H groups in total. The average Bonchev–Trinajstić information content (AvgIpc) is 3.10. The van der Waals surface area contributed by atoms with Gasteiger partial charge in [0, 0.05) is 16.8 Å². The van der Waals surface area contributed by atoms with Crippen LogP contribution in [0, 0.1) is 0 Å². The second-order valence-corrected chi connectivity index (χ2v) is 6.37. The van der Waals surface area contributed by atoms with Gasteiger partial charge in [0.25, 0.3) is 0 Å². The van der Waals surface area contributed by atoms with Crippen LogP contribution in [0.1, 0.15) is 11.3 Å². The molecule has 0 spiro atoms. The summed E-state index contributed by atoms with van der Waals surface area (Å²) in [6.07, 6.45) is 0. The van der Waals surface area contributed by atoms with Crippen LogP contribution in [0.4, 0.5) is 0 Å². The highest BCUT2D eigenvalue weighted by atomic mass is 16.3. The molecule has 0 atom stereocenters. The molecule has 0 bridgehead atoms. The zero-order valence-corrected chi connectivity index (χ0v) is 14.9. The number of aliphatic hydroxyl groups excluding tert-OH is 2. The van der Waals surface area contributed by atoms with Gasteiger partial charge in [0.2, 0.25) is 0 Å². The molecule has 134 valence electrons. The Morgan fingerprint density at radius 3 is 1.63 bits per heavy atom. The van der Waals surface area contributed by atoms with Gasteiger partial charge in [-0.3, -0.25) is 0 Å². The second kappa shape index (κ2) is 7.62. The third kappa shape index (κ3) is 3.08. The largest absolute Gasteiger partial charge is 0.392 e. The maximum absolute atomic E-state index is 10.2. The summed E-state index contributed by atoms with van der Waals surface area (Å²) in [4.78, 5) is 0. The smallest absolute Gasteiger partial charge is 0.0840 e. The van der Waals surface area contributed by atoms with Crippen molar-refractivity contribution in [2.45, 2.75) is 13.2 Å². The highest BCUT2D eigenvalue weighted by molar-refractivity contribution is 5.87. The first kappa shape index (κ1) is 17.3. The van der Waals surface area contributed by atoms with Gasteiger partial charge in [0.1, 0.15) is 0 Å². The number of aromatic nitrogens is 1. The highest BCUT2D eigenvalue weighted by Gasteiger charge is 2.24. The van der Waals surface area contributed by atoms with Crippen molar-refractivity contribution in [3.8, 4) is 28.1 Å². The summed E-state index contributed by atoms with van der Waals surface area (Å²) in [5.74, 6) is 0. The van der Waals surface area contributed by atoms with Crippen LogP contribution >= 0.6 is 0 Å². The van der Waals surface area contributed by atoms with E-state index in [-0.39, 0.29) is 13.2 Å². The highest BCUT2D eigenvalue weighted by Crippen LogP contribution is 2.41. The SMILES string of the molecule is OCc1c(-c2ccccc2)c(-c2ccccc2)n(-c2ccccc2)c1CO. The number of rotatable bonds is 5. The van der Waals surface area contributed by atoms with Crippen molar-refractivity contribution in [3.05, 3.63) is 102 Å². The van der Waals surface area contributed by atoms with Crippen molar-refractivity contribution in [3.63, 3.8) is 0 Å². The van der Waals surface area contributed by atoms with Crippen molar-refractivity contribution in [1.82, 2.24) is 4.57 Å². The Balaban J connectivity index is 2.14. The topological polar surface area (TPSA) is 45.4 Å². The lowest BCUT2D eigenvalue weighted by atomic mass is 9.97. The summed E-state index contributed by atoms with van der Waals surface area (Å²) in [5, 5.41) is 20.4. The summed E-state index contributed by atoms with van der Waals surface area (Å²) in [6.45, 7) is -0.294. The predicted molar refractivity (Wildman–Crippen MR) is 108 cm³/mol. The molecule has 3 aromatic carbocycles. The number of para-hydroxylation sites is 1. The fourth-order valence-corrected chi connectivity index (χ4v) is 3.65. The van der Waals surface area contributed by atoms with Gasteiger partial charge < -0.3 is 14.8 Å². The summed E-state index contributed by atoms with van der Waals surface area (Å²) in [6, 6.07) is 30.1. The fraction of sp³-hybridized carbons (Fsp3) is 0.0833. The number of hydrogen-bond donors (Lipinski definition) is 2. The monoisotopic (exact) mass is 355 g/mol. The van der Waals surface area contributed by atoms with E-state index in [1.807, 2.05) is 78.9 Å². The van der Waals surface area contributed by atoms with E-state index in [1.165, 1.54) is 0 Å². The second-order valence-electron chi connectivity index (χ2n) is 6.37. The molecule has 0 radical (unpaired) electrons. The lowest BCUT2D eigenvalue weighted by Gasteiger charge is -2.14. The number of aliphatic hydroxyl groups is 2. The minimum Gasteiger partial charge on any atom is -0.392 e. The molecule has 1 aromatic heterocycles. The van der Waals surface area contributed by atoms with E-state index < -0.39 is 0 Å². The molecule has 27 heavy (non-hydrogen) atoms. The molecular formula is C24H21NO2. The number of benzene rings is 3. The van der Waals surface area contributed by atoms with Gasteiger partial charge in [0.15, 0.2) is 0 Å². The van der Waals surface area contributed by atoms with E-state index in [0.717, 1.165) is 33.6 Å². The van der Waals surface area contributed by atoms with Crippen LogP contribution in [0.2, 0.25) is 0 Å². The van der Waals surface area contributed by atoms with E-state index in [9.17, 15) is 10.2 Å². The van der Waals surface area contributed by atoms with E-state index in [0.29, 0.717) is 5.69 Å². The van der Waals surface area contributed by atoms with Gasteiger partial charge in [-0.05, 0) is 23.3 Å². The Hall–Kier alpha value is -3.14. The van der Waals surface area contributed by atoms with Gasteiger partial charge in [-0.25, -0.2) is 0 Å². The Labute approximate surface area is 158 Å². The van der Waals surface area contributed by atoms with Crippen LogP contribution in [0.3, 0.4) is 0 Å². The molecule has 0 amide bonds. The lowest BCUT2D eigenvalue weighted by Crippen LogP contribution is -2.03. The summed E-state index contributed by atoms with van der Waals surface area (Å²) < 4.78 is 2.06. The number of hydrogen-bond acceptors (Lipinski definition) is 2. The van der Waals surface area contributed by atoms with Crippen molar-refractivity contribution in [1.29, 1.82) is 0 Å². The molecule has 0 aliphatic carbocycles. The lowest BCUT2D eigenvalue weighted by molar-refractivity contribution is 0.256. The normalized spacial score (nSPS) is 10.9. The van der Waals surface area contributed by atoms with Crippen LogP contribution in [-0.2, 0) is 13.2 Å². The van der Waals surface area contributed by atoms with Gasteiger partial charge >= 0.3 is 0 Å². The van der Waals surface area contributed by atoms with Crippen LogP contribution in [0.25, 0.3) is 28.1 Å². The van der Waals surface area contributed by atoms with Gasteiger partial charge in [-0.2, -0.15) is 0 Å². The molecule has 3 nitrogen and oxygen atoms in total. The van der Waals surface area contributed by atoms with Crippen LogP contribution in [0.15, 0.2) is 91.0 Å². The van der Waals surface area contributed by atoms with Crippen LogP contribution < -0.4 is 0 Å². The predicted octanol–water partition coefficient (Wildman–Crippen LogP) is 4.80. The maximum atomic E-state index is 10.2. The zero-order chi connectivity index (χ0) is 18.6. The number of nitrogens with zero attached hydrogens (tertiary/aromatic N) is 1. The summed E-state index contributed by atoms with van der Waals surface area (Å²) in [5.41, 5.74) is 6.41. The Morgan fingerprint density at radius 1 is 0.593 bits per heavy atom. The van der Waals surface area contributed by atoms with Crippen LogP contribution in [-0.4, -0.2) is 14.8 Å². The van der Waals surface area contributed by atoms with Gasteiger partial charge in [-0.15, -0.1) is 0 Å². The molecule has 0 fully saturated rings. The average molecular weight is 355 g/mol. The summed E-state index contributed by atoms with van der Waals surface area (Å²) >= 11 is 0. The van der Waals surface area contributed by atoms with E-state index >= 15 is 0 Å². The molecule has 0 aliphatic rings. The molecule has 0 saturated heterocycles. The zero-order valence-electron chi connectivity index (χ0n) is 14.9. The third-order valence-corrected chi connectivity index (χ3v) is 4.81.